The third-order valence-electron chi connectivity index (χ3n) is 4.37. The molecule has 3 rings (SSSR count). The smallest absolute Gasteiger partial charge is 0.322 e. The third-order valence-corrected chi connectivity index (χ3v) is 4.61. The van der Waals surface area contributed by atoms with Crippen molar-refractivity contribution >= 4 is 34.1 Å². The molecule has 0 saturated carbocycles. The van der Waals surface area contributed by atoms with Crippen LogP contribution in [0.15, 0.2) is 52.1 Å². The van der Waals surface area contributed by atoms with Crippen LogP contribution in [-0.4, -0.2) is 15.0 Å². The first-order valence-electron chi connectivity index (χ1n) is 8.89. The molecular formula is C20H19ClFN3O3. The molecule has 1 amide bonds. The van der Waals surface area contributed by atoms with E-state index in [0.717, 1.165) is 17.1 Å². The highest BCUT2D eigenvalue weighted by Crippen LogP contribution is 2.19. The second-order valence-electron chi connectivity index (χ2n) is 6.37. The molecule has 0 saturated heterocycles. The van der Waals surface area contributed by atoms with Gasteiger partial charge in [-0.3, -0.25) is 18.7 Å². The highest BCUT2D eigenvalue weighted by atomic mass is 35.5. The van der Waals surface area contributed by atoms with Gasteiger partial charge in [0.1, 0.15) is 12.4 Å². The molecule has 1 aromatic heterocycles. The van der Waals surface area contributed by atoms with Gasteiger partial charge in [0.15, 0.2) is 0 Å². The van der Waals surface area contributed by atoms with Gasteiger partial charge in [-0.25, -0.2) is 9.18 Å². The Morgan fingerprint density at radius 3 is 2.61 bits per heavy atom. The summed E-state index contributed by atoms with van der Waals surface area (Å²) in [5.41, 5.74) is -0.624. The lowest BCUT2D eigenvalue weighted by molar-refractivity contribution is -0.116. The molecule has 0 unspecified atom stereocenters. The van der Waals surface area contributed by atoms with E-state index in [2.05, 4.69) is 5.32 Å². The number of carbonyl (C=O) groups excluding carboxylic acids is 1. The Hall–Kier alpha value is -2.93. The number of carbonyl (C=O) groups is 1. The standard InChI is InChI=1S/C20H19ClFN3O3/c1-2-3-10-24-19(27)14-6-4-5-7-17(14)25(20(24)28)12-18(26)23-16-9-8-13(21)11-15(16)22/h4-9,11H,2-3,10,12H2,1H3,(H,23,26). The molecule has 0 atom stereocenters. The number of hydrogen-bond acceptors (Lipinski definition) is 3. The molecule has 8 heteroatoms. The summed E-state index contributed by atoms with van der Waals surface area (Å²) < 4.78 is 16.3. The van der Waals surface area contributed by atoms with Gasteiger partial charge in [-0.15, -0.1) is 0 Å². The van der Waals surface area contributed by atoms with E-state index in [1.54, 1.807) is 24.3 Å². The Morgan fingerprint density at radius 2 is 1.89 bits per heavy atom. The molecule has 146 valence electrons. The van der Waals surface area contributed by atoms with Crippen LogP contribution in [0.1, 0.15) is 19.8 Å². The lowest BCUT2D eigenvalue weighted by Gasteiger charge is -2.14. The summed E-state index contributed by atoms with van der Waals surface area (Å²) in [6.45, 7) is 1.87. The molecule has 1 heterocycles. The molecule has 0 spiro atoms. The number of unbranched alkanes of at least 4 members (excludes halogenated alkanes) is 1. The Morgan fingerprint density at radius 1 is 1.14 bits per heavy atom. The van der Waals surface area contributed by atoms with Crippen LogP contribution in [0.3, 0.4) is 0 Å². The molecule has 3 aromatic rings. The number of hydrogen-bond donors (Lipinski definition) is 1. The number of para-hydroxylation sites is 1. The maximum atomic E-state index is 13.9. The number of amides is 1. The van der Waals surface area contributed by atoms with Crippen LogP contribution in [0, 0.1) is 5.82 Å². The van der Waals surface area contributed by atoms with Crippen molar-refractivity contribution in [2.24, 2.45) is 0 Å². The van der Waals surface area contributed by atoms with Crippen molar-refractivity contribution in [2.45, 2.75) is 32.9 Å². The first-order valence-corrected chi connectivity index (χ1v) is 9.27. The van der Waals surface area contributed by atoms with Crippen LogP contribution < -0.4 is 16.6 Å². The summed E-state index contributed by atoms with van der Waals surface area (Å²) in [5, 5.41) is 3.00. The van der Waals surface area contributed by atoms with Crippen molar-refractivity contribution in [3.8, 4) is 0 Å². The minimum Gasteiger partial charge on any atom is -0.322 e. The van der Waals surface area contributed by atoms with E-state index < -0.39 is 17.4 Å². The van der Waals surface area contributed by atoms with Gasteiger partial charge >= 0.3 is 5.69 Å². The normalized spacial score (nSPS) is 11.0. The molecule has 28 heavy (non-hydrogen) atoms. The number of halogens is 2. The summed E-state index contributed by atoms with van der Waals surface area (Å²) in [4.78, 5) is 38.0. The predicted molar refractivity (Wildman–Crippen MR) is 107 cm³/mol. The van der Waals surface area contributed by atoms with Crippen molar-refractivity contribution in [3.63, 3.8) is 0 Å². The maximum absolute atomic E-state index is 13.9. The fourth-order valence-corrected chi connectivity index (χ4v) is 3.12. The molecule has 6 nitrogen and oxygen atoms in total. The molecular weight excluding hydrogens is 385 g/mol. The van der Waals surface area contributed by atoms with Crippen LogP contribution in [0.25, 0.3) is 10.9 Å². The molecule has 0 aliphatic heterocycles. The highest BCUT2D eigenvalue weighted by molar-refractivity contribution is 6.30. The largest absolute Gasteiger partial charge is 0.331 e. The van der Waals surface area contributed by atoms with Crippen LogP contribution >= 0.6 is 11.6 Å². The van der Waals surface area contributed by atoms with Crippen LogP contribution in [0.2, 0.25) is 5.02 Å². The first-order chi connectivity index (χ1) is 13.4. The number of benzene rings is 2. The number of anilines is 1. The molecule has 1 N–H and O–H groups in total. The second-order valence-corrected chi connectivity index (χ2v) is 6.80. The number of aromatic nitrogens is 2. The van der Waals surface area contributed by atoms with Crippen molar-refractivity contribution < 1.29 is 9.18 Å². The fraction of sp³-hybridized carbons (Fsp3) is 0.250. The number of nitrogens with zero attached hydrogens (tertiary/aromatic N) is 2. The van der Waals surface area contributed by atoms with Gasteiger partial charge in [0.2, 0.25) is 5.91 Å². The Balaban J connectivity index is 2.01. The maximum Gasteiger partial charge on any atom is 0.331 e. The monoisotopic (exact) mass is 403 g/mol. The van der Waals surface area contributed by atoms with E-state index in [0.29, 0.717) is 17.3 Å². The van der Waals surface area contributed by atoms with Crippen LogP contribution in [0.5, 0.6) is 0 Å². The van der Waals surface area contributed by atoms with Crippen LogP contribution in [0.4, 0.5) is 10.1 Å². The SMILES string of the molecule is CCCCn1c(=O)c2ccccc2n(CC(=O)Nc2ccc(Cl)cc2F)c1=O. The quantitative estimate of drug-likeness (QED) is 0.685. The highest BCUT2D eigenvalue weighted by Gasteiger charge is 2.16. The molecule has 0 bridgehead atoms. The minimum atomic E-state index is -0.675. The lowest BCUT2D eigenvalue weighted by Crippen LogP contribution is -2.41. The summed E-state index contributed by atoms with van der Waals surface area (Å²) in [7, 11) is 0. The zero-order valence-electron chi connectivity index (χ0n) is 15.2. The zero-order chi connectivity index (χ0) is 20.3. The van der Waals surface area contributed by atoms with E-state index >= 15 is 0 Å². The predicted octanol–water partition coefficient (Wildman–Crippen LogP) is 3.39. The van der Waals surface area contributed by atoms with Gasteiger partial charge < -0.3 is 5.32 Å². The molecule has 0 radical (unpaired) electrons. The van der Waals surface area contributed by atoms with Crippen LogP contribution in [-0.2, 0) is 17.9 Å². The van der Waals surface area contributed by atoms with Gasteiger partial charge in [-0.1, -0.05) is 37.1 Å². The summed E-state index contributed by atoms with van der Waals surface area (Å²) in [6, 6.07) is 10.5. The molecule has 0 fully saturated rings. The van der Waals surface area contributed by atoms with Gasteiger partial charge in [-0.2, -0.15) is 0 Å². The van der Waals surface area contributed by atoms with Crippen molar-refractivity contribution in [1.82, 2.24) is 9.13 Å². The van der Waals surface area contributed by atoms with E-state index in [1.165, 1.54) is 16.7 Å². The molecule has 0 aliphatic carbocycles. The lowest BCUT2D eigenvalue weighted by atomic mass is 10.2. The Labute approximate surface area is 165 Å². The number of rotatable bonds is 6. The fourth-order valence-electron chi connectivity index (χ4n) is 2.96. The van der Waals surface area contributed by atoms with E-state index in [9.17, 15) is 18.8 Å². The van der Waals surface area contributed by atoms with E-state index in [-0.39, 0.29) is 29.4 Å². The van der Waals surface area contributed by atoms with Gasteiger partial charge in [0, 0.05) is 11.6 Å². The third kappa shape index (κ3) is 3.99. The van der Waals surface area contributed by atoms with Gasteiger partial charge in [0.05, 0.1) is 16.6 Å². The molecule has 2 aromatic carbocycles. The Bertz CT molecular complexity index is 1150. The zero-order valence-corrected chi connectivity index (χ0v) is 16.0. The number of nitrogens with one attached hydrogen (secondary N) is 1. The minimum absolute atomic E-state index is 0.0361. The Kier molecular flexibility index (Phi) is 5.94. The van der Waals surface area contributed by atoms with Gasteiger partial charge in [-0.05, 0) is 36.8 Å². The molecule has 0 aliphatic rings. The second kappa shape index (κ2) is 8.39. The number of fused-ring (bicyclic) bond motifs is 1. The topological polar surface area (TPSA) is 73.1 Å². The van der Waals surface area contributed by atoms with Crippen molar-refractivity contribution in [2.75, 3.05) is 5.32 Å². The van der Waals surface area contributed by atoms with Crippen molar-refractivity contribution in [1.29, 1.82) is 0 Å². The van der Waals surface area contributed by atoms with E-state index in [1.807, 2.05) is 6.92 Å². The first kappa shape index (κ1) is 19.8. The summed E-state index contributed by atoms with van der Waals surface area (Å²) >= 11 is 5.71. The average molecular weight is 404 g/mol. The average Bonchev–Trinajstić information content (AvgIpc) is 2.67. The summed E-state index contributed by atoms with van der Waals surface area (Å²) in [5.74, 6) is -1.26. The van der Waals surface area contributed by atoms with E-state index in [4.69, 9.17) is 11.6 Å². The van der Waals surface area contributed by atoms with Crippen molar-refractivity contribution in [3.05, 3.63) is 74.1 Å². The summed E-state index contributed by atoms with van der Waals surface area (Å²) in [6.07, 6.45) is 1.48. The van der Waals surface area contributed by atoms with Gasteiger partial charge in [0.25, 0.3) is 5.56 Å².